The Morgan fingerprint density at radius 3 is 2.00 bits per heavy atom. The second kappa shape index (κ2) is 4.67. The van der Waals surface area contributed by atoms with Crippen molar-refractivity contribution in [1.29, 1.82) is 0 Å². The standard InChI is InChI=1S/C15H22FNO2/c1-8-11(15(6-7-15)10(3)17)13(18-4)9(2)12(16)14(8)19-5/h10H,6-7,17H2,1-5H3. The largest absolute Gasteiger partial charge is 0.496 e. The molecular weight excluding hydrogens is 245 g/mol. The zero-order valence-electron chi connectivity index (χ0n) is 12.3. The van der Waals surface area contributed by atoms with Crippen LogP contribution in [-0.4, -0.2) is 20.3 Å². The summed E-state index contributed by atoms with van der Waals surface area (Å²) in [5.74, 6) is 0.576. The van der Waals surface area contributed by atoms with Gasteiger partial charge in [0.15, 0.2) is 11.6 Å². The fraction of sp³-hybridized carbons (Fsp3) is 0.600. The summed E-state index contributed by atoms with van der Waals surface area (Å²) in [6.45, 7) is 5.59. The zero-order valence-corrected chi connectivity index (χ0v) is 12.3. The van der Waals surface area contributed by atoms with Crippen LogP contribution >= 0.6 is 0 Å². The van der Waals surface area contributed by atoms with Crippen LogP contribution in [0.4, 0.5) is 4.39 Å². The lowest BCUT2D eigenvalue weighted by molar-refractivity contribution is 0.361. The van der Waals surface area contributed by atoms with Crippen molar-refractivity contribution < 1.29 is 13.9 Å². The Morgan fingerprint density at radius 2 is 1.63 bits per heavy atom. The SMILES string of the molecule is COc1c(C)c(C2(C(C)N)CC2)c(OC)c(C)c1F. The van der Waals surface area contributed by atoms with Gasteiger partial charge in [-0.2, -0.15) is 0 Å². The van der Waals surface area contributed by atoms with Gasteiger partial charge >= 0.3 is 0 Å². The second-order valence-electron chi connectivity index (χ2n) is 5.45. The molecule has 0 aliphatic heterocycles. The third-order valence-corrected chi connectivity index (χ3v) is 4.38. The van der Waals surface area contributed by atoms with E-state index in [9.17, 15) is 4.39 Å². The molecule has 2 rings (SSSR count). The number of halogens is 1. The van der Waals surface area contributed by atoms with E-state index < -0.39 is 0 Å². The zero-order chi connectivity index (χ0) is 14.4. The summed E-state index contributed by atoms with van der Waals surface area (Å²) in [5.41, 5.74) is 8.36. The van der Waals surface area contributed by atoms with Crippen molar-refractivity contribution in [2.24, 2.45) is 5.73 Å². The van der Waals surface area contributed by atoms with Crippen LogP contribution in [0.5, 0.6) is 11.5 Å². The van der Waals surface area contributed by atoms with Crippen molar-refractivity contribution in [3.8, 4) is 11.5 Å². The lowest BCUT2D eigenvalue weighted by atomic mass is 9.84. The number of rotatable bonds is 4. The van der Waals surface area contributed by atoms with Gasteiger partial charge < -0.3 is 15.2 Å². The van der Waals surface area contributed by atoms with Crippen molar-refractivity contribution in [1.82, 2.24) is 0 Å². The molecule has 4 heteroatoms. The highest BCUT2D eigenvalue weighted by atomic mass is 19.1. The Kier molecular flexibility index (Phi) is 3.47. The fourth-order valence-electron chi connectivity index (χ4n) is 3.07. The smallest absolute Gasteiger partial charge is 0.171 e. The summed E-state index contributed by atoms with van der Waals surface area (Å²) < 4.78 is 25.0. The molecule has 1 aliphatic rings. The number of nitrogens with two attached hydrogens (primary N) is 1. The van der Waals surface area contributed by atoms with E-state index in [4.69, 9.17) is 15.2 Å². The molecule has 1 aromatic carbocycles. The topological polar surface area (TPSA) is 44.5 Å². The van der Waals surface area contributed by atoms with E-state index in [1.54, 1.807) is 14.0 Å². The molecule has 1 aliphatic carbocycles. The Balaban J connectivity index is 2.76. The molecule has 106 valence electrons. The molecule has 1 aromatic rings. The molecule has 0 spiro atoms. The Morgan fingerprint density at radius 1 is 1.11 bits per heavy atom. The normalized spacial score (nSPS) is 18.1. The highest BCUT2D eigenvalue weighted by Gasteiger charge is 2.51. The Bertz CT molecular complexity index is 508. The van der Waals surface area contributed by atoms with Crippen LogP contribution in [0.1, 0.15) is 36.5 Å². The molecule has 1 saturated carbocycles. The first kappa shape index (κ1) is 14.1. The first-order chi connectivity index (χ1) is 8.90. The van der Waals surface area contributed by atoms with Crippen molar-refractivity contribution in [3.05, 3.63) is 22.5 Å². The van der Waals surface area contributed by atoms with E-state index in [0.29, 0.717) is 17.1 Å². The van der Waals surface area contributed by atoms with E-state index in [2.05, 4.69) is 0 Å². The van der Waals surface area contributed by atoms with Crippen molar-refractivity contribution >= 4 is 0 Å². The summed E-state index contributed by atoms with van der Waals surface area (Å²) in [6, 6.07) is 0.00895. The van der Waals surface area contributed by atoms with E-state index >= 15 is 0 Å². The van der Waals surface area contributed by atoms with Gasteiger partial charge in [0.2, 0.25) is 0 Å². The number of hydrogen-bond acceptors (Lipinski definition) is 3. The lowest BCUT2D eigenvalue weighted by Gasteiger charge is -2.27. The van der Waals surface area contributed by atoms with Gasteiger partial charge in [0.05, 0.1) is 14.2 Å². The minimum absolute atomic E-state index is 0.00895. The lowest BCUT2D eigenvalue weighted by Crippen LogP contribution is -2.33. The first-order valence-electron chi connectivity index (χ1n) is 6.57. The molecule has 3 nitrogen and oxygen atoms in total. The molecule has 2 N–H and O–H groups in total. The maximum absolute atomic E-state index is 14.3. The molecule has 0 aromatic heterocycles. The Hall–Kier alpha value is -1.29. The van der Waals surface area contributed by atoms with Crippen LogP contribution in [0, 0.1) is 19.7 Å². The number of benzene rings is 1. The Labute approximate surface area is 113 Å². The maximum atomic E-state index is 14.3. The van der Waals surface area contributed by atoms with E-state index in [1.165, 1.54) is 7.11 Å². The van der Waals surface area contributed by atoms with E-state index in [0.717, 1.165) is 24.0 Å². The molecule has 1 unspecified atom stereocenters. The molecular formula is C15H22FNO2. The molecule has 1 fully saturated rings. The third-order valence-electron chi connectivity index (χ3n) is 4.38. The van der Waals surface area contributed by atoms with Gasteiger partial charge in [-0.05, 0) is 33.6 Å². The average Bonchev–Trinajstić information content (AvgIpc) is 3.15. The van der Waals surface area contributed by atoms with Crippen LogP contribution in [-0.2, 0) is 5.41 Å². The van der Waals surface area contributed by atoms with Gasteiger partial charge in [0.1, 0.15) is 5.75 Å². The molecule has 1 atom stereocenters. The number of ether oxygens (including phenoxy) is 2. The summed E-state index contributed by atoms with van der Waals surface area (Å²) in [6.07, 6.45) is 2.02. The van der Waals surface area contributed by atoms with Gasteiger partial charge in [0.25, 0.3) is 0 Å². The van der Waals surface area contributed by atoms with Crippen molar-refractivity contribution in [2.45, 2.75) is 45.1 Å². The average molecular weight is 267 g/mol. The minimum Gasteiger partial charge on any atom is -0.496 e. The van der Waals surface area contributed by atoms with E-state index in [1.807, 2.05) is 13.8 Å². The number of hydrogen-bond donors (Lipinski definition) is 1. The van der Waals surface area contributed by atoms with Crippen LogP contribution in [0.25, 0.3) is 0 Å². The monoisotopic (exact) mass is 267 g/mol. The van der Waals surface area contributed by atoms with Gasteiger partial charge in [-0.3, -0.25) is 0 Å². The molecule has 0 radical (unpaired) electrons. The second-order valence-corrected chi connectivity index (χ2v) is 5.45. The van der Waals surface area contributed by atoms with Crippen molar-refractivity contribution in [2.75, 3.05) is 14.2 Å². The molecule has 19 heavy (non-hydrogen) atoms. The molecule has 0 heterocycles. The van der Waals surface area contributed by atoms with E-state index in [-0.39, 0.29) is 17.3 Å². The summed E-state index contributed by atoms with van der Waals surface area (Å²) in [7, 11) is 3.07. The predicted molar refractivity (Wildman–Crippen MR) is 73.5 cm³/mol. The van der Waals surface area contributed by atoms with Crippen molar-refractivity contribution in [3.63, 3.8) is 0 Å². The summed E-state index contributed by atoms with van der Waals surface area (Å²) in [5, 5.41) is 0. The first-order valence-corrected chi connectivity index (χ1v) is 6.57. The molecule has 0 bridgehead atoms. The van der Waals surface area contributed by atoms with Crippen LogP contribution < -0.4 is 15.2 Å². The highest BCUT2D eigenvalue weighted by Crippen LogP contribution is 2.56. The van der Waals surface area contributed by atoms with Gasteiger partial charge in [0, 0.05) is 28.1 Å². The predicted octanol–water partition coefficient (Wildman–Crippen LogP) is 2.84. The third kappa shape index (κ3) is 1.89. The molecule has 0 amide bonds. The minimum atomic E-state index is -0.346. The maximum Gasteiger partial charge on any atom is 0.171 e. The fourth-order valence-corrected chi connectivity index (χ4v) is 3.07. The highest BCUT2D eigenvalue weighted by molar-refractivity contribution is 5.59. The summed E-state index contributed by atoms with van der Waals surface area (Å²) in [4.78, 5) is 0. The summed E-state index contributed by atoms with van der Waals surface area (Å²) >= 11 is 0. The van der Waals surface area contributed by atoms with Crippen LogP contribution in [0.3, 0.4) is 0 Å². The quantitative estimate of drug-likeness (QED) is 0.912. The number of methoxy groups -OCH3 is 2. The van der Waals surface area contributed by atoms with Gasteiger partial charge in [-0.15, -0.1) is 0 Å². The van der Waals surface area contributed by atoms with Gasteiger partial charge in [-0.1, -0.05) is 0 Å². The molecule has 0 saturated heterocycles. The van der Waals surface area contributed by atoms with Gasteiger partial charge in [-0.25, -0.2) is 4.39 Å². The van der Waals surface area contributed by atoms with Crippen LogP contribution in [0.2, 0.25) is 0 Å². The van der Waals surface area contributed by atoms with Crippen LogP contribution in [0.15, 0.2) is 0 Å².